The Bertz CT molecular complexity index is 980. The number of methoxy groups -OCH3 is 1. The number of hydrogen-bond acceptors (Lipinski definition) is 5. The lowest BCUT2D eigenvalue weighted by Crippen LogP contribution is -2.51. The number of aliphatic hydroxyl groups is 1. The van der Waals surface area contributed by atoms with E-state index < -0.39 is 5.60 Å². The summed E-state index contributed by atoms with van der Waals surface area (Å²) in [7, 11) is 3.78. The fourth-order valence-electron chi connectivity index (χ4n) is 4.24. The summed E-state index contributed by atoms with van der Waals surface area (Å²) in [5.41, 5.74) is 2.44. The van der Waals surface area contributed by atoms with Crippen molar-refractivity contribution in [1.82, 2.24) is 19.2 Å². The average Bonchev–Trinajstić information content (AvgIpc) is 3.21. The monoisotopic (exact) mass is 398 g/mol. The van der Waals surface area contributed by atoms with Crippen molar-refractivity contribution in [2.75, 3.05) is 33.9 Å². The van der Waals surface area contributed by atoms with Crippen LogP contribution >= 0.6 is 0 Å². The molecule has 3 aromatic rings. The highest BCUT2D eigenvalue weighted by atomic mass is 16.5. The number of fused-ring (bicyclic) bond motifs is 2. The molecule has 0 spiro atoms. The van der Waals surface area contributed by atoms with E-state index in [0.717, 1.165) is 37.7 Å². The van der Waals surface area contributed by atoms with Gasteiger partial charge in [-0.3, -0.25) is 4.90 Å². The van der Waals surface area contributed by atoms with E-state index in [4.69, 9.17) is 9.47 Å². The molecule has 1 aliphatic rings. The number of rotatable bonds is 8. The van der Waals surface area contributed by atoms with Gasteiger partial charge in [-0.05, 0) is 32.0 Å². The lowest BCUT2D eigenvalue weighted by atomic mass is 10.0. The summed E-state index contributed by atoms with van der Waals surface area (Å²) in [4.78, 5) is 2.16. The zero-order valence-corrected chi connectivity index (χ0v) is 17.5. The van der Waals surface area contributed by atoms with Crippen molar-refractivity contribution in [1.29, 1.82) is 0 Å². The second-order valence-corrected chi connectivity index (χ2v) is 8.18. The third kappa shape index (κ3) is 4.32. The van der Waals surface area contributed by atoms with E-state index in [9.17, 15) is 5.11 Å². The Morgan fingerprint density at radius 3 is 3.00 bits per heavy atom. The Morgan fingerprint density at radius 1 is 1.34 bits per heavy atom. The third-order valence-corrected chi connectivity index (χ3v) is 5.42. The van der Waals surface area contributed by atoms with Crippen LogP contribution in [0.3, 0.4) is 0 Å². The molecule has 4 rings (SSSR count). The van der Waals surface area contributed by atoms with Gasteiger partial charge in [0.05, 0.1) is 12.2 Å². The van der Waals surface area contributed by atoms with Crippen molar-refractivity contribution in [2.45, 2.75) is 38.6 Å². The zero-order chi connectivity index (χ0) is 20.4. The summed E-state index contributed by atoms with van der Waals surface area (Å²) in [6.07, 6.45) is 3.21. The molecule has 0 fully saturated rings. The van der Waals surface area contributed by atoms with Crippen molar-refractivity contribution < 1.29 is 14.6 Å². The molecular formula is C22H30N4O3. The zero-order valence-electron chi connectivity index (χ0n) is 17.5. The van der Waals surface area contributed by atoms with Gasteiger partial charge in [0.15, 0.2) is 0 Å². The molecule has 3 heterocycles. The van der Waals surface area contributed by atoms with Gasteiger partial charge in [0.25, 0.3) is 0 Å². The Labute approximate surface area is 171 Å². The minimum Gasteiger partial charge on any atom is -0.475 e. The fourth-order valence-corrected chi connectivity index (χ4v) is 4.24. The maximum atomic E-state index is 11.1. The number of likely N-dealkylation sites (N-methyl/N-ethyl adjacent to an activating group) is 1. The first kappa shape index (κ1) is 19.9. The largest absolute Gasteiger partial charge is 0.475 e. The molecule has 29 heavy (non-hydrogen) atoms. The average molecular weight is 399 g/mol. The van der Waals surface area contributed by atoms with E-state index >= 15 is 0 Å². The molecule has 7 heteroatoms. The van der Waals surface area contributed by atoms with Gasteiger partial charge in [-0.1, -0.05) is 18.2 Å². The topological polar surface area (TPSA) is 64.7 Å². The number of ether oxygens (including phenoxy) is 2. The van der Waals surface area contributed by atoms with Crippen LogP contribution in [-0.4, -0.2) is 63.9 Å². The second kappa shape index (κ2) is 8.18. The fraction of sp³-hybridized carbons (Fsp3) is 0.500. The molecule has 156 valence electrons. The number of para-hydroxylation sites is 1. The number of aromatic nitrogens is 3. The molecular weight excluding hydrogens is 368 g/mol. The Morgan fingerprint density at radius 2 is 2.17 bits per heavy atom. The summed E-state index contributed by atoms with van der Waals surface area (Å²) in [5, 5.41) is 16.8. The molecule has 0 saturated carbocycles. The SMILES string of the molecule is COCCCn1cc(CN(C)CC2(O)COc3cc(C)nn3C2)c2ccccc21. The van der Waals surface area contributed by atoms with E-state index in [1.165, 1.54) is 16.5 Å². The predicted octanol–water partition coefficient (Wildman–Crippen LogP) is 2.44. The van der Waals surface area contributed by atoms with Crippen molar-refractivity contribution >= 4 is 10.9 Å². The van der Waals surface area contributed by atoms with Gasteiger partial charge in [-0.25, -0.2) is 4.68 Å². The summed E-state index contributed by atoms with van der Waals surface area (Å²) >= 11 is 0. The third-order valence-electron chi connectivity index (χ3n) is 5.42. The molecule has 7 nitrogen and oxygen atoms in total. The molecule has 1 atom stereocenters. The maximum Gasteiger partial charge on any atom is 0.212 e. The van der Waals surface area contributed by atoms with Crippen LogP contribution in [0.2, 0.25) is 0 Å². The van der Waals surface area contributed by atoms with Gasteiger partial charge >= 0.3 is 0 Å². The van der Waals surface area contributed by atoms with Crippen LogP contribution < -0.4 is 4.74 Å². The van der Waals surface area contributed by atoms with E-state index in [-0.39, 0.29) is 6.61 Å². The second-order valence-electron chi connectivity index (χ2n) is 8.18. The molecule has 1 aromatic carbocycles. The van der Waals surface area contributed by atoms with Crippen LogP contribution in [0.4, 0.5) is 0 Å². The quantitative estimate of drug-likeness (QED) is 0.591. The van der Waals surface area contributed by atoms with E-state index in [2.05, 4.69) is 45.0 Å². The van der Waals surface area contributed by atoms with Crippen LogP contribution in [0.25, 0.3) is 10.9 Å². The minimum absolute atomic E-state index is 0.279. The predicted molar refractivity (Wildman–Crippen MR) is 112 cm³/mol. The Kier molecular flexibility index (Phi) is 5.63. The normalized spacial score (nSPS) is 18.9. The summed E-state index contributed by atoms with van der Waals surface area (Å²) in [6.45, 7) is 5.60. The number of benzene rings is 1. The number of aryl methyl sites for hydroxylation is 2. The molecule has 2 aromatic heterocycles. The van der Waals surface area contributed by atoms with E-state index in [1.807, 2.05) is 20.0 Å². The summed E-state index contributed by atoms with van der Waals surface area (Å²) < 4.78 is 15.0. The highest BCUT2D eigenvalue weighted by Crippen LogP contribution is 2.26. The smallest absolute Gasteiger partial charge is 0.212 e. The first-order valence-corrected chi connectivity index (χ1v) is 10.1. The first-order valence-electron chi connectivity index (χ1n) is 10.1. The van der Waals surface area contributed by atoms with Crippen molar-refractivity contribution in [3.05, 3.63) is 47.8 Å². The maximum absolute atomic E-state index is 11.1. The molecule has 1 N–H and O–H groups in total. The van der Waals surface area contributed by atoms with Crippen LogP contribution in [0.5, 0.6) is 5.88 Å². The van der Waals surface area contributed by atoms with Crippen molar-refractivity contribution in [2.24, 2.45) is 0 Å². The van der Waals surface area contributed by atoms with Gasteiger partial charge in [0, 0.05) is 56.5 Å². The standard InChI is InChI=1S/C22H30N4O3/c1-17-11-21-26(23-17)15-22(27,16-29-21)14-24(2)12-18-13-25(9-6-10-28-3)20-8-5-4-7-19(18)20/h4-5,7-8,11,13,27H,6,9-10,12,14-16H2,1-3H3. The van der Waals surface area contributed by atoms with Crippen LogP contribution in [0.1, 0.15) is 17.7 Å². The number of hydrogen-bond donors (Lipinski definition) is 1. The Balaban J connectivity index is 1.47. The first-order chi connectivity index (χ1) is 14.0. The molecule has 1 unspecified atom stereocenters. The molecule has 0 saturated heterocycles. The van der Waals surface area contributed by atoms with E-state index in [1.54, 1.807) is 11.8 Å². The van der Waals surface area contributed by atoms with Gasteiger partial charge in [0.1, 0.15) is 12.2 Å². The lowest BCUT2D eigenvalue weighted by molar-refractivity contribution is -0.0647. The lowest BCUT2D eigenvalue weighted by Gasteiger charge is -2.35. The molecule has 0 radical (unpaired) electrons. The van der Waals surface area contributed by atoms with Crippen LogP contribution in [0.15, 0.2) is 36.5 Å². The summed E-state index contributed by atoms with van der Waals surface area (Å²) in [5.74, 6) is 0.731. The van der Waals surface area contributed by atoms with Crippen molar-refractivity contribution in [3.63, 3.8) is 0 Å². The molecule has 1 aliphatic heterocycles. The molecule has 0 bridgehead atoms. The highest BCUT2D eigenvalue weighted by Gasteiger charge is 2.35. The van der Waals surface area contributed by atoms with Crippen molar-refractivity contribution in [3.8, 4) is 5.88 Å². The molecule has 0 aliphatic carbocycles. The van der Waals surface area contributed by atoms with Crippen LogP contribution in [0, 0.1) is 6.92 Å². The highest BCUT2D eigenvalue weighted by molar-refractivity contribution is 5.83. The van der Waals surface area contributed by atoms with Crippen LogP contribution in [-0.2, 0) is 24.4 Å². The van der Waals surface area contributed by atoms with Gasteiger partial charge in [-0.2, -0.15) is 5.10 Å². The van der Waals surface area contributed by atoms with Gasteiger partial charge in [-0.15, -0.1) is 0 Å². The minimum atomic E-state index is -0.961. The van der Waals surface area contributed by atoms with Gasteiger partial charge < -0.3 is 19.1 Å². The van der Waals surface area contributed by atoms with E-state index in [0.29, 0.717) is 13.1 Å². The summed E-state index contributed by atoms with van der Waals surface area (Å²) in [6, 6.07) is 10.4. The molecule has 0 amide bonds. The Hall–Kier alpha value is -2.35. The number of nitrogens with zero attached hydrogens (tertiary/aromatic N) is 4. The van der Waals surface area contributed by atoms with Gasteiger partial charge in [0.2, 0.25) is 5.88 Å².